The van der Waals surface area contributed by atoms with Crippen LogP contribution in [0.3, 0.4) is 0 Å². The Balaban J connectivity index is 1.48. The van der Waals surface area contributed by atoms with E-state index in [9.17, 15) is 9.59 Å². The van der Waals surface area contributed by atoms with Gasteiger partial charge in [0.1, 0.15) is 18.4 Å². The number of nitrogens with one attached hydrogen (secondary N) is 1. The van der Waals surface area contributed by atoms with E-state index in [0.717, 1.165) is 29.8 Å². The molecule has 0 bridgehead atoms. The Bertz CT molecular complexity index is 821. The third-order valence-corrected chi connectivity index (χ3v) is 5.27. The number of ether oxygens (including phenoxy) is 1. The van der Waals surface area contributed by atoms with E-state index in [1.165, 1.54) is 0 Å². The van der Waals surface area contributed by atoms with Crippen molar-refractivity contribution in [3.8, 4) is 5.75 Å². The highest BCUT2D eigenvalue weighted by molar-refractivity contribution is 5.89. The first-order valence-corrected chi connectivity index (χ1v) is 10.5. The number of nitrogens with zero attached hydrogens (tertiary/aromatic N) is 2. The van der Waals surface area contributed by atoms with Crippen molar-refractivity contribution in [2.24, 2.45) is 0 Å². The number of amides is 2. The maximum absolute atomic E-state index is 12.7. The van der Waals surface area contributed by atoms with E-state index < -0.39 is 0 Å². The van der Waals surface area contributed by atoms with Gasteiger partial charge in [0.2, 0.25) is 11.8 Å². The summed E-state index contributed by atoms with van der Waals surface area (Å²) in [5.41, 5.74) is 1.98. The van der Waals surface area contributed by atoms with E-state index in [-0.39, 0.29) is 17.9 Å². The van der Waals surface area contributed by atoms with Gasteiger partial charge in [0.15, 0.2) is 0 Å². The molecule has 1 fully saturated rings. The van der Waals surface area contributed by atoms with Crippen molar-refractivity contribution >= 4 is 11.8 Å². The molecule has 6 heteroatoms. The van der Waals surface area contributed by atoms with Crippen LogP contribution in [-0.2, 0) is 22.6 Å². The Kier molecular flexibility index (Phi) is 7.85. The van der Waals surface area contributed by atoms with E-state index >= 15 is 0 Å². The maximum Gasteiger partial charge on any atom is 0.243 e. The van der Waals surface area contributed by atoms with Gasteiger partial charge in [0.25, 0.3) is 0 Å². The fraction of sp³-hybridized carbons (Fsp3) is 0.417. The molecule has 0 spiro atoms. The predicted molar refractivity (Wildman–Crippen MR) is 117 cm³/mol. The summed E-state index contributed by atoms with van der Waals surface area (Å²) in [6.45, 7) is 2.58. The summed E-state index contributed by atoms with van der Waals surface area (Å²) in [7, 11) is 4.02. The predicted octanol–water partition coefficient (Wildman–Crippen LogP) is 2.48. The number of likely N-dealkylation sites (tertiary alicyclic amines) is 1. The molecule has 3 rings (SSSR count). The lowest BCUT2D eigenvalue weighted by Crippen LogP contribution is -2.46. The molecule has 1 heterocycles. The van der Waals surface area contributed by atoms with Crippen LogP contribution in [0, 0.1) is 0 Å². The molecule has 6 nitrogen and oxygen atoms in total. The Labute approximate surface area is 178 Å². The highest BCUT2D eigenvalue weighted by Crippen LogP contribution is 2.19. The van der Waals surface area contributed by atoms with Crippen LogP contribution < -0.4 is 10.1 Å². The first kappa shape index (κ1) is 21.8. The van der Waals surface area contributed by atoms with Gasteiger partial charge in [-0.25, -0.2) is 0 Å². The smallest absolute Gasteiger partial charge is 0.243 e. The highest BCUT2D eigenvalue weighted by Gasteiger charge is 2.33. The number of rotatable bonds is 9. The number of hydrogen-bond acceptors (Lipinski definition) is 4. The number of carbonyl (C=O) groups is 2. The molecule has 30 heavy (non-hydrogen) atoms. The molecule has 1 atom stereocenters. The maximum atomic E-state index is 12.7. The molecule has 1 aliphatic rings. The van der Waals surface area contributed by atoms with Gasteiger partial charge >= 0.3 is 0 Å². The molecule has 160 valence electrons. The lowest BCUT2D eigenvalue weighted by atomic mass is 10.1. The molecular formula is C24H31N3O3. The Morgan fingerprint density at radius 1 is 1.07 bits per heavy atom. The van der Waals surface area contributed by atoms with Crippen LogP contribution in [0.4, 0.5) is 0 Å². The van der Waals surface area contributed by atoms with Gasteiger partial charge in [0.05, 0.1) is 6.42 Å². The summed E-state index contributed by atoms with van der Waals surface area (Å²) in [4.78, 5) is 29.2. The SMILES string of the molecule is CN(C)CCOc1ccc(CNC(=O)C2CCCN2C(=O)Cc2ccccc2)cc1. The fourth-order valence-electron chi connectivity index (χ4n) is 3.57. The molecule has 0 radical (unpaired) electrons. The van der Waals surface area contributed by atoms with Crippen LogP contribution in [0.2, 0.25) is 0 Å². The summed E-state index contributed by atoms with van der Waals surface area (Å²) in [5.74, 6) is 0.749. The summed E-state index contributed by atoms with van der Waals surface area (Å²) < 4.78 is 5.69. The fourth-order valence-corrected chi connectivity index (χ4v) is 3.57. The summed E-state index contributed by atoms with van der Waals surface area (Å²) >= 11 is 0. The van der Waals surface area contributed by atoms with Gasteiger partial charge in [-0.1, -0.05) is 42.5 Å². The molecule has 0 aliphatic carbocycles. The number of carbonyl (C=O) groups excluding carboxylic acids is 2. The minimum atomic E-state index is -0.380. The number of likely N-dealkylation sites (N-methyl/N-ethyl adjacent to an activating group) is 1. The van der Waals surface area contributed by atoms with Crippen molar-refractivity contribution in [1.82, 2.24) is 15.1 Å². The quantitative estimate of drug-likeness (QED) is 0.691. The van der Waals surface area contributed by atoms with Crippen molar-refractivity contribution in [3.05, 3.63) is 65.7 Å². The molecule has 1 unspecified atom stereocenters. The van der Waals surface area contributed by atoms with Gasteiger partial charge in [-0.05, 0) is 50.2 Å². The van der Waals surface area contributed by atoms with Gasteiger partial charge in [-0.3, -0.25) is 9.59 Å². The van der Waals surface area contributed by atoms with Crippen LogP contribution in [-0.4, -0.2) is 61.4 Å². The molecule has 0 aromatic heterocycles. The van der Waals surface area contributed by atoms with Gasteiger partial charge in [-0.2, -0.15) is 0 Å². The molecule has 1 N–H and O–H groups in total. The summed E-state index contributed by atoms with van der Waals surface area (Å²) in [6.07, 6.45) is 1.91. The molecule has 1 saturated heterocycles. The van der Waals surface area contributed by atoms with Crippen molar-refractivity contribution in [2.75, 3.05) is 33.8 Å². The van der Waals surface area contributed by atoms with Gasteiger partial charge < -0.3 is 19.9 Å². The topological polar surface area (TPSA) is 61.9 Å². The van der Waals surface area contributed by atoms with Crippen LogP contribution in [0.15, 0.2) is 54.6 Å². The Hall–Kier alpha value is -2.86. The second-order valence-corrected chi connectivity index (χ2v) is 7.92. The number of benzene rings is 2. The van der Waals surface area contributed by atoms with Crippen molar-refractivity contribution < 1.29 is 14.3 Å². The molecule has 0 saturated carbocycles. The van der Waals surface area contributed by atoms with Crippen molar-refractivity contribution in [2.45, 2.75) is 31.8 Å². The third kappa shape index (κ3) is 6.32. The average Bonchev–Trinajstić information content (AvgIpc) is 3.24. The van der Waals surface area contributed by atoms with Crippen molar-refractivity contribution in [3.63, 3.8) is 0 Å². The largest absolute Gasteiger partial charge is 0.492 e. The summed E-state index contributed by atoms with van der Waals surface area (Å²) in [5, 5.41) is 2.99. The standard InChI is InChI=1S/C24H31N3O3/c1-26(2)15-16-30-21-12-10-20(11-13-21)18-25-24(29)22-9-6-14-27(22)23(28)17-19-7-4-3-5-8-19/h3-5,7-8,10-13,22H,6,9,14-18H2,1-2H3,(H,25,29). The monoisotopic (exact) mass is 409 g/mol. The average molecular weight is 410 g/mol. The van der Waals surface area contributed by atoms with Crippen LogP contribution >= 0.6 is 0 Å². The molecule has 1 aliphatic heterocycles. The van der Waals surface area contributed by atoms with Crippen LogP contribution in [0.5, 0.6) is 5.75 Å². The lowest BCUT2D eigenvalue weighted by Gasteiger charge is -2.24. The third-order valence-electron chi connectivity index (χ3n) is 5.27. The van der Waals surface area contributed by atoms with E-state index in [4.69, 9.17) is 4.74 Å². The zero-order valence-electron chi connectivity index (χ0n) is 17.8. The van der Waals surface area contributed by atoms with Crippen LogP contribution in [0.1, 0.15) is 24.0 Å². The van der Waals surface area contributed by atoms with Crippen molar-refractivity contribution in [1.29, 1.82) is 0 Å². The molecular weight excluding hydrogens is 378 g/mol. The second-order valence-electron chi connectivity index (χ2n) is 7.92. The Morgan fingerprint density at radius 2 is 1.80 bits per heavy atom. The first-order valence-electron chi connectivity index (χ1n) is 10.5. The summed E-state index contributed by atoms with van der Waals surface area (Å²) in [6, 6.07) is 17.0. The van der Waals surface area contributed by atoms with E-state index in [0.29, 0.717) is 32.5 Å². The van der Waals surface area contributed by atoms with E-state index in [1.807, 2.05) is 68.7 Å². The molecule has 2 aromatic carbocycles. The van der Waals surface area contributed by atoms with E-state index in [2.05, 4.69) is 10.2 Å². The first-order chi connectivity index (χ1) is 14.5. The second kappa shape index (κ2) is 10.8. The number of hydrogen-bond donors (Lipinski definition) is 1. The lowest BCUT2D eigenvalue weighted by molar-refractivity contribution is -0.138. The minimum absolute atomic E-state index is 0.0121. The highest BCUT2D eigenvalue weighted by atomic mass is 16.5. The minimum Gasteiger partial charge on any atom is -0.492 e. The van der Waals surface area contributed by atoms with Gasteiger partial charge in [0, 0.05) is 19.6 Å². The molecule has 2 aromatic rings. The van der Waals surface area contributed by atoms with Crippen LogP contribution in [0.25, 0.3) is 0 Å². The van der Waals surface area contributed by atoms with Gasteiger partial charge in [-0.15, -0.1) is 0 Å². The Morgan fingerprint density at radius 3 is 2.50 bits per heavy atom. The normalized spacial score (nSPS) is 16.0. The zero-order valence-corrected chi connectivity index (χ0v) is 17.8. The molecule has 2 amide bonds. The zero-order chi connectivity index (χ0) is 21.3. The van der Waals surface area contributed by atoms with E-state index in [1.54, 1.807) is 4.90 Å².